The summed E-state index contributed by atoms with van der Waals surface area (Å²) in [6, 6.07) is 6.61. The number of halogens is 1. The fourth-order valence-electron chi connectivity index (χ4n) is 2.11. The molecule has 0 bridgehead atoms. The van der Waals surface area contributed by atoms with Gasteiger partial charge in [-0.1, -0.05) is 30.7 Å². The summed E-state index contributed by atoms with van der Waals surface area (Å²) in [5, 5.41) is 10.0. The number of carboxylic acid groups (broad SMARTS) is 1. The first-order valence-corrected chi connectivity index (χ1v) is 6.49. The minimum absolute atomic E-state index is 0.272. The normalized spacial score (nSPS) is 13.7. The molecule has 1 rings (SSSR count). The van der Waals surface area contributed by atoms with Gasteiger partial charge in [0.2, 0.25) is 5.91 Å². The zero-order valence-corrected chi connectivity index (χ0v) is 12.1. The van der Waals surface area contributed by atoms with Gasteiger partial charge in [-0.2, -0.15) is 0 Å². The molecule has 0 saturated heterocycles. The Balaban J connectivity index is 3.37. The van der Waals surface area contributed by atoms with Crippen LogP contribution in [0.3, 0.4) is 0 Å². The van der Waals surface area contributed by atoms with Crippen molar-refractivity contribution in [2.75, 3.05) is 6.54 Å². The highest BCUT2D eigenvalue weighted by molar-refractivity contribution is 6.30. The van der Waals surface area contributed by atoms with E-state index < -0.39 is 11.5 Å². The van der Waals surface area contributed by atoms with Crippen molar-refractivity contribution in [2.24, 2.45) is 0 Å². The van der Waals surface area contributed by atoms with Crippen molar-refractivity contribution in [3.8, 4) is 0 Å². The molecule has 0 spiro atoms. The lowest BCUT2D eigenvalue weighted by atomic mass is 9.89. The largest absolute Gasteiger partial charge is 0.479 e. The van der Waals surface area contributed by atoms with Crippen LogP contribution in [0.1, 0.15) is 32.8 Å². The number of carbonyl (C=O) groups excluding carboxylic acids is 1. The molecule has 1 aromatic rings. The molecular formula is C14H18ClNO3. The molecular weight excluding hydrogens is 266 g/mol. The first-order chi connectivity index (χ1) is 8.83. The summed E-state index contributed by atoms with van der Waals surface area (Å²) in [6.45, 7) is 5.18. The predicted molar refractivity (Wildman–Crippen MR) is 74.1 cm³/mol. The smallest absolute Gasteiger partial charge is 0.334 e. The maximum absolute atomic E-state index is 11.8. The van der Waals surface area contributed by atoms with E-state index in [1.807, 2.05) is 6.92 Å². The van der Waals surface area contributed by atoms with Crippen molar-refractivity contribution < 1.29 is 14.7 Å². The highest BCUT2D eigenvalue weighted by Gasteiger charge is 2.42. The van der Waals surface area contributed by atoms with E-state index in [-0.39, 0.29) is 5.91 Å². The molecule has 0 heterocycles. The van der Waals surface area contributed by atoms with E-state index in [2.05, 4.69) is 0 Å². The van der Waals surface area contributed by atoms with E-state index in [1.165, 1.54) is 18.7 Å². The van der Waals surface area contributed by atoms with E-state index >= 15 is 0 Å². The number of carbonyl (C=O) groups is 2. The van der Waals surface area contributed by atoms with Gasteiger partial charge < -0.3 is 10.0 Å². The molecule has 19 heavy (non-hydrogen) atoms. The van der Waals surface area contributed by atoms with Crippen LogP contribution < -0.4 is 0 Å². The molecule has 1 atom stereocenters. The van der Waals surface area contributed by atoms with E-state index in [9.17, 15) is 14.7 Å². The van der Waals surface area contributed by atoms with E-state index in [0.29, 0.717) is 23.6 Å². The fourth-order valence-corrected chi connectivity index (χ4v) is 2.30. The SMILES string of the molecule is CCCN(C(C)=O)C(C)(C(=O)O)c1cccc(Cl)c1. The van der Waals surface area contributed by atoms with Crippen LogP contribution in [-0.4, -0.2) is 28.4 Å². The maximum Gasteiger partial charge on any atom is 0.334 e. The van der Waals surface area contributed by atoms with Crippen molar-refractivity contribution in [3.05, 3.63) is 34.9 Å². The molecule has 0 saturated carbocycles. The van der Waals surface area contributed by atoms with Crippen LogP contribution in [0.4, 0.5) is 0 Å². The quantitative estimate of drug-likeness (QED) is 0.904. The van der Waals surface area contributed by atoms with Crippen molar-refractivity contribution in [1.82, 2.24) is 4.90 Å². The van der Waals surface area contributed by atoms with Gasteiger partial charge in [-0.25, -0.2) is 4.79 Å². The molecule has 1 unspecified atom stereocenters. The van der Waals surface area contributed by atoms with Crippen molar-refractivity contribution in [1.29, 1.82) is 0 Å². The van der Waals surface area contributed by atoms with Gasteiger partial charge in [-0.3, -0.25) is 4.79 Å². The van der Waals surface area contributed by atoms with Gasteiger partial charge in [0.25, 0.3) is 0 Å². The third-order valence-corrected chi connectivity index (χ3v) is 3.41. The summed E-state index contributed by atoms with van der Waals surface area (Å²) in [5.41, 5.74) is -0.914. The Labute approximate surface area is 118 Å². The van der Waals surface area contributed by atoms with Crippen molar-refractivity contribution in [3.63, 3.8) is 0 Å². The van der Waals surface area contributed by atoms with Gasteiger partial charge in [0.05, 0.1) is 0 Å². The van der Waals surface area contributed by atoms with Crippen LogP contribution in [0.15, 0.2) is 24.3 Å². The summed E-state index contributed by atoms with van der Waals surface area (Å²) >= 11 is 5.92. The standard InChI is InChI=1S/C14H18ClNO3/c1-4-8-16(10(2)17)14(3,13(18)19)11-6-5-7-12(15)9-11/h5-7,9H,4,8H2,1-3H3,(H,18,19). The fraction of sp³-hybridized carbons (Fsp3) is 0.429. The van der Waals surface area contributed by atoms with Crippen LogP contribution in [0.2, 0.25) is 5.02 Å². The topological polar surface area (TPSA) is 57.6 Å². The number of rotatable bonds is 5. The maximum atomic E-state index is 11.8. The molecule has 0 radical (unpaired) electrons. The van der Waals surface area contributed by atoms with Crippen LogP contribution in [0, 0.1) is 0 Å². The lowest BCUT2D eigenvalue weighted by Gasteiger charge is -2.37. The molecule has 1 amide bonds. The average Bonchev–Trinajstić information content (AvgIpc) is 2.34. The van der Waals surface area contributed by atoms with Gasteiger partial charge in [0.1, 0.15) is 0 Å². The lowest BCUT2D eigenvalue weighted by molar-refractivity contribution is -0.158. The molecule has 1 aromatic carbocycles. The molecule has 0 aliphatic rings. The zero-order valence-electron chi connectivity index (χ0n) is 11.3. The molecule has 0 aliphatic heterocycles. The van der Waals surface area contributed by atoms with Crippen molar-refractivity contribution in [2.45, 2.75) is 32.7 Å². The minimum atomic E-state index is -1.41. The highest BCUT2D eigenvalue weighted by Crippen LogP contribution is 2.30. The second kappa shape index (κ2) is 6.06. The first kappa shape index (κ1) is 15.5. The Morgan fingerprint density at radius 3 is 2.47 bits per heavy atom. The Kier molecular flexibility index (Phi) is 4.95. The molecule has 1 N–H and O–H groups in total. The molecule has 0 fully saturated rings. The number of hydrogen-bond donors (Lipinski definition) is 1. The number of nitrogens with zero attached hydrogens (tertiary/aromatic N) is 1. The zero-order chi connectivity index (χ0) is 14.6. The van der Waals surface area contributed by atoms with Crippen LogP contribution >= 0.6 is 11.6 Å². The predicted octanol–water partition coefficient (Wildman–Crippen LogP) is 2.90. The van der Waals surface area contributed by atoms with E-state index in [1.54, 1.807) is 24.3 Å². The Bertz CT molecular complexity index is 489. The van der Waals surface area contributed by atoms with Gasteiger partial charge >= 0.3 is 5.97 Å². The van der Waals surface area contributed by atoms with Crippen LogP contribution in [0.25, 0.3) is 0 Å². The molecule has 104 valence electrons. The number of amides is 1. The number of aliphatic carboxylic acids is 1. The molecule has 0 aliphatic carbocycles. The minimum Gasteiger partial charge on any atom is -0.479 e. The monoisotopic (exact) mass is 283 g/mol. The Morgan fingerprint density at radius 2 is 2.05 bits per heavy atom. The van der Waals surface area contributed by atoms with Gasteiger partial charge in [-0.05, 0) is 31.0 Å². The van der Waals surface area contributed by atoms with Crippen LogP contribution in [-0.2, 0) is 15.1 Å². The molecule has 4 nitrogen and oxygen atoms in total. The van der Waals surface area contributed by atoms with E-state index in [4.69, 9.17) is 11.6 Å². The summed E-state index contributed by atoms with van der Waals surface area (Å²) in [4.78, 5) is 24.9. The van der Waals surface area contributed by atoms with Gasteiger partial charge in [-0.15, -0.1) is 0 Å². The third-order valence-electron chi connectivity index (χ3n) is 3.17. The van der Waals surface area contributed by atoms with Gasteiger partial charge in [0.15, 0.2) is 5.54 Å². The number of carboxylic acids is 1. The second-order valence-electron chi connectivity index (χ2n) is 4.56. The van der Waals surface area contributed by atoms with E-state index in [0.717, 1.165) is 0 Å². The summed E-state index contributed by atoms with van der Waals surface area (Å²) < 4.78 is 0. The number of benzene rings is 1. The second-order valence-corrected chi connectivity index (χ2v) is 4.99. The lowest BCUT2D eigenvalue weighted by Crippen LogP contribution is -2.52. The Morgan fingerprint density at radius 1 is 1.42 bits per heavy atom. The Hall–Kier alpha value is -1.55. The average molecular weight is 284 g/mol. The van der Waals surface area contributed by atoms with Gasteiger partial charge in [0, 0.05) is 18.5 Å². The summed E-state index contributed by atoms with van der Waals surface area (Å²) in [5.74, 6) is -1.34. The molecule has 5 heteroatoms. The number of hydrogen-bond acceptors (Lipinski definition) is 2. The summed E-state index contributed by atoms with van der Waals surface area (Å²) in [7, 11) is 0. The highest BCUT2D eigenvalue weighted by atomic mass is 35.5. The third kappa shape index (κ3) is 3.07. The summed E-state index contributed by atoms with van der Waals surface area (Å²) in [6.07, 6.45) is 0.684. The van der Waals surface area contributed by atoms with Crippen LogP contribution in [0.5, 0.6) is 0 Å². The first-order valence-electron chi connectivity index (χ1n) is 6.11. The van der Waals surface area contributed by atoms with Crippen molar-refractivity contribution >= 4 is 23.5 Å². The molecule has 0 aromatic heterocycles.